The molecule has 2 aliphatic heterocycles. The van der Waals surface area contributed by atoms with E-state index in [1.54, 1.807) is 18.2 Å². The number of carbonyl (C=O) groups is 2. The zero-order valence-corrected chi connectivity index (χ0v) is 21.4. The molecule has 0 spiro atoms. The van der Waals surface area contributed by atoms with Crippen molar-refractivity contribution in [1.82, 2.24) is 10.2 Å². The van der Waals surface area contributed by atoms with Crippen molar-refractivity contribution in [3.8, 4) is 0 Å². The van der Waals surface area contributed by atoms with Gasteiger partial charge in [0.1, 0.15) is 0 Å². The summed E-state index contributed by atoms with van der Waals surface area (Å²) >= 11 is 0. The molecule has 11 heteroatoms. The third-order valence-corrected chi connectivity index (χ3v) is 6.92. The zero-order valence-electron chi connectivity index (χ0n) is 21.4. The third kappa shape index (κ3) is 7.38. The van der Waals surface area contributed by atoms with Crippen molar-refractivity contribution in [2.75, 3.05) is 68.0 Å². The van der Waals surface area contributed by atoms with Gasteiger partial charge in [-0.2, -0.15) is 13.2 Å². The fourth-order valence-corrected chi connectivity index (χ4v) is 4.69. The lowest BCUT2D eigenvalue weighted by Gasteiger charge is -2.33. The van der Waals surface area contributed by atoms with Crippen LogP contribution in [0.5, 0.6) is 0 Å². The number of nitrogens with one attached hydrogen (secondary N) is 3. The first-order valence-electron chi connectivity index (χ1n) is 12.9. The van der Waals surface area contributed by atoms with Crippen LogP contribution in [0.25, 0.3) is 0 Å². The molecule has 0 saturated carbocycles. The van der Waals surface area contributed by atoms with E-state index >= 15 is 0 Å². The van der Waals surface area contributed by atoms with Gasteiger partial charge in [0.25, 0.3) is 5.91 Å². The highest BCUT2D eigenvalue weighted by Gasteiger charge is 2.33. The standard InChI is InChI=1S/C27H34F3N5O3/c1-19-8-11-35(12-9-19)24-7-6-20(18-21(24)25(36)31-10-13-34-14-16-38-17-15-34)32-26(37)33-23-5-3-2-4-22(23)27(28,29)30/h2-7,18-19H,8-17H2,1H3,(H,31,36)(H2,32,33,37). The summed E-state index contributed by atoms with van der Waals surface area (Å²) in [6.07, 6.45) is -2.58. The van der Waals surface area contributed by atoms with E-state index < -0.39 is 17.8 Å². The largest absolute Gasteiger partial charge is 0.418 e. The first-order chi connectivity index (χ1) is 18.2. The molecule has 2 fully saturated rings. The van der Waals surface area contributed by atoms with E-state index in [1.807, 2.05) is 0 Å². The average molecular weight is 534 g/mol. The Balaban J connectivity index is 1.48. The monoisotopic (exact) mass is 533 g/mol. The number of morpholine rings is 1. The zero-order chi connectivity index (χ0) is 27.1. The number of anilines is 3. The van der Waals surface area contributed by atoms with Crippen LogP contribution in [0.15, 0.2) is 42.5 Å². The SMILES string of the molecule is CC1CCN(c2ccc(NC(=O)Nc3ccccc3C(F)(F)F)cc2C(=O)NCCN2CCOCC2)CC1. The molecular weight excluding hydrogens is 499 g/mol. The minimum absolute atomic E-state index is 0.265. The minimum Gasteiger partial charge on any atom is -0.379 e. The second-order valence-corrected chi connectivity index (χ2v) is 9.73. The van der Waals surface area contributed by atoms with Crippen molar-refractivity contribution < 1.29 is 27.5 Å². The van der Waals surface area contributed by atoms with Gasteiger partial charge in [0.15, 0.2) is 0 Å². The van der Waals surface area contributed by atoms with Gasteiger partial charge in [0.2, 0.25) is 0 Å². The maximum absolute atomic E-state index is 13.3. The van der Waals surface area contributed by atoms with Crippen molar-refractivity contribution in [2.24, 2.45) is 5.92 Å². The van der Waals surface area contributed by atoms with E-state index in [0.29, 0.717) is 43.5 Å². The van der Waals surface area contributed by atoms with Crippen LogP contribution < -0.4 is 20.9 Å². The molecule has 3 amide bonds. The van der Waals surface area contributed by atoms with Gasteiger partial charge in [-0.15, -0.1) is 0 Å². The van der Waals surface area contributed by atoms with E-state index in [9.17, 15) is 22.8 Å². The van der Waals surface area contributed by atoms with Gasteiger partial charge in [0.05, 0.1) is 30.0 Å². The van der Waals surface area contributed by atoms with E-state index in [-0.39, 0.29) is 11.6 Å². The van der Waals surface area contributed by atoms with E-state index in [0.717, 1.165) is 50.8 Å². The number of amides is 3. The average Bonchev–Trinajstić information content (AvgIpc) is 2.89. The van der Waals surface area contributed by atoms with Crippen molar-refractivity contribution in [3.63, 3.8) is 0 Å². The Morgan fingerprint density at radius 2 is 1.71 bits per heavy atom. The Kier molecular flexibility index (Phi) is 9.11. The lowest BCUT2D eigenvalue weighted by atomic mass is 9.98. The summed E-state index contributed by atoms with van der Waals surface area (Å²) in [7, 11) is 0. The van der Waals surface area contributed by atoms with Crippen LogP contribution in [-0.4, -0.2) is 69.3 Å². The van der Waals surface area contributed by atoms with Gasteiger partial charge in [0, 0.05) is 50.6 Å². The van der Waals surface area contributed by atoms with Gasteiger partial charge in [-0.05, 0) is 49.1 Å². The Labute approximate surface area is 220 Å². The molecule has 0 atom stereocenters. The maximum atomic E-state index is 13.3. The normalized spacial score (nSPS) is 17.2. The molecule has 0 radical (unpaired) electrons. The van der Waals surface area contributed by atoms with Crippen LogP contribution in [-0.2, 0) is 10.9 Å². The molecule has 2 heterocycles. The van der Waals surface area contributed by atoms with Crippen LogP contribution in [0, 0.1) is 5.92 Å². The van der Waals surface area contributed by atoms with Crippen molar-refractivity contribution >= 4 is 29.0 Å². The molecule has 38 heavy (non-hydrogen) atoms. The lowest BCUT2D eigenvalue weighted by Crippen LogP contribution is -2.41. The number of ether oxygens (including phenoxy) is 1. The van der Waals surface area contributed by atoms with Gasteiger partial charge >= 0.3 is 12.2 Å². The highest BCUT2D eigenvalue weighted by molar-refractivity contribution is 6.04. The molecule has 206 valence electrons. The van der Waals surface area contributed by atoms with Gasteiger partial charge < -0.3 is 25.6 Å². The summed E-state index contributed by atoms with van der Waals surface area (Å²) in [4.78, 5) is 30.2. The first kappa shape index (κ1) is 27.7. The molecular formula is C27H34F3N5O3. The van der Waals surface area contributed by atoms with E-state index in [4.69, 9.17) is 4.74 Å². The molecule has 3 N–H and O–H groups in total. The maximum Gasteiger partial charge on any atom is 0.418 e. The number of urea groups is 1. The number of benzene rings is 2. The minimum atomic E-state index is -4.61. The number of alkyl halides is 3. The molecule has 2 aromatic rings. The number of rotatable bonds is 7. The Hall–Kier alpha value is -3.31. The summed E-state index contributed by atoms with van der Waals surface area (Å²) in [5.74, 6) is 0.347. The van der Waals surface area contributed by atoms with Gasteiger partial charge in [-0.1, -0.05) is 19.1 Å². The fourth-order valence-electron chi connectivity index (χ4n) is 4.69. The highest BCUT2D eigenvalue weighted by Crippen LogP contribution is 2.35. The van der Waals surface area contributed by atoms with Crippen LogP contribution in [0.4, 0.5) is 35.0 Å². The Morgan fingerprint density at radius 3 is 2.42 bits per heavy atom. The lowest BCUT2D eigenvalue weighted by molar-refractivity contribution is -0.136. The molecule has 0 unspecified atom stereocenters. The van der Waals surface area contributed by atoms with Gasteiger partial charge in [-0.25, -0.2) is 4.79 Å². The van der Waals surface area contributed by atoms with Crippen LogP contribution >= 0.6 is 0 Å². The predicted molar refractivity (Wildman–Crippen MR) is 141 cm³/mol. The van der Waals surface area contributed by atoms with Gasteiger partial charge in [-0.3, -0.25) is 9.69 Å². The second-order valence-electron chi connectivity index (χ2n) is 9.73. The van der Waals surface area contributed by atoms with Crippen molar-refractivity contribution in [3.05, 3.63) is 53.6 Å². The van der Waals surface area contributed by atoms with Crippen molar-refractivity contribution in [1.29, 1.82) is 0 Å². The summed E-state index contributed by atoms with van der Waals surface area (Å²) in [6, 6.07) is 8.96. The molecule has 4 rings (SSSR count). The summed E-state index contributed by atoms with van der Waals surface area (Å²) in [5, 5.41) is 7.82. The molecule has 0 aromatic heterocycles. The number of nitrogens with zero attached hydrogens (tertiary/aromatic N) is 2. The second kappa shape index (κ2) is 12.5. The molecule has 2 saturated heterocycles. The first-order valence-corrected chi connectivity index (χ1v) is 12.9. The number of hydrogen-bond acceptors (Lipinski definition) is 5. The predicted octanol–water partition coefficient (Wildman–Crippen LogP) is 4.65. The molecule has 2 aromatic carbocycles. The van der Waals surface area contributed by atoms with E-state index in [1.165, 1.54) is 18.2 Å². The summed E-state index contributed by atoms with van der Waals surface area (Å²) in [5.41, 5.74) is 0.200. The Morgan fingerprint density at radius 1 is 1.00 bits per heavy atom. The Bertz CT molecular complexity index is 1110. The van der Waals surface area contributed by atoms with E-state index in [2.05, 4.69) is 32.7 Å². The number of hydrogen-bond donors (Lipinski definition) is 3. The topological polar surface area (TPSA) is 85.9 Å². The molecule has 0 aliphatic carbocycles. The third-order valence-electron chi connectivity index (χ3n) is 6.92. The molecule has 8 nitrogen and oxygen atoms in total. The molecule has 0 bridgehead atoms. The number of piperidine rings is 1. The smallest absolute Gasteiger partial charge is 0.379 e. The summed E-state index contributed by atoms with van der Waals surface area (Å²) < 4.78 is 45.3. The van der Waals surface area contributed by atoms with Crippen LogP contribution in [0.3, 0.4) is 0 Å². The fraction of sp³-hybridized carbons (Fsp3) is 0.481. The van der Waals surface area contributed by atoms with Crippen LogP contribution in [0.2, 0.25) is 0 Å². The summed E-state index contributed by atoms with van der Waals surface area (Å²) in [6.45, 7) is 7.99. The molecule has 2 aliphatic rings. The van der Waals surface area contributed by atoms with Crippen molar-refractivity contribution in [2.45, 2.75) is 25.9 Å². The number of para-hydroxylation sites is 1. The number of halogens is 3. The quantitative estimate of drug-likeness (QED) is 0.483. The van der Waals surface area contributed by atoms with Crippen LogP contribution in [0.1, 0.15) is 35.7 Å². The highest BCUT2D eigenvalue weighted by atomic mass is 19.4. The number of carbonyl (C=O) groups excluding carboxylic acids is 2.